The maximum absolute atomic E-state index is 14.2. The van der Waals surface area contributed by atoms with Crippen LogP contribution in [0, 0.1) is 11.8 Å². The summed E-state index contributed by atoms with van der Waals surface area (Å²) in [4.78, 5) is 31.1. The first-order chi connectivity index (χ1) is 20.4. The lowest BCUT2D eigenvalue weighted by Crippen LogP contribution is -2.49. The highest BCUT2D eigenvalue weighted by Crippen LogP contribution is 2.33. The third-order valence-electron chi connectivity index (χ3n) is 9.62. The molecule has 2 saturated carbocycles. The van der Waals surface area contributed by atoms with Crippen LogP contribution in [0.4, 0.5) is 4.39 Å². The highest BCUT2D eigenvalue weighted by molar-refractivity contribution is 5.73. The molecule has 10 atom stereocenters. The summed E-state index contributed by atoms with van der Waals surface area (Å²) >= 11 is 0. The number of ether oxygens (including phenoxy) is 6. The number of halogens is 1. The highest BCUT2D eigenvalue weighted by atomic mass is 19.1. The van der Waals surface area contributed by atoms with E-state index in [1.54, 1.807) is 14.2 Å². The van der Waals surface area contributed by atoms with E-state index in [9.17, 15) is 14.0 Å². The van der Waals surface area contributed by atoms with Gasteiger partial charge in [-0.25, -0.2) is 4.39 Å². The molecule has 2 aliphatic heterocycles. The fraction of sp³-hybridized carbons (Fsp3) is 0.935. The molecule has 4 rings (SSSR count). The minimum Gasteiger partial charge on any atom is -0.465 e. The number of carbonyl (C=O) groups excluding carboxylic acids is 2. The zero-order chi connectivity index (χ0) is 29.9. The lowest BCUT2D eigenvalue weighted by Gasteiger charge is -2.39. The standard InChI is InChI=1S/C31H53FN2O8/c1-37-26-19-22(8-9-25(26)32)31(36)42-24-7-4-17-40-28-21-23(20-27(38-2)29(28)39-3)30(35)41-18-6-13-33-11-5-12-34(14-10-24)16-15-33/h22-29H,4-21H2,1-3H3. The van der Waals surface area contributed by atoms with Crippen LogP contribution in [-0.2, 0) is 38.0 Å². The minimum absolute atomic E-state index is 0.190. The van der Waals surface area contributed by atoms with Crippen molar-refractivity contribution in [2.75, 3.05) is 73.8 Å². The second-order valence-corrected chi connectivity index (χ2v) is 12.4. The molecule has 2 saturated heterocycles. The number of carbonyl (C=O) groups is 2. The minimum atomic E-state index is -1.03. The van der Waals surface area contributed by atoms with E-state index in [4.69, 9.17) is 28.4 Å². The van der Waals surface area contributed by atoms with Gasteiger partial charge in [0, 0.05) is 54.1 Å². The largest absolute Gasteiger partial charge is 0.465 e. The van der Waals surface area contributed by atoms with Crippen molar-refractivity contribution in [3.8, 4) is 0 Å². The van der Waals surface area contributed by atoms with Gasteiger partial charge in [-0.15, -0.1) is 0 Å². The van der Waals surface area contributed by atoms with Gasteiger partial charge in [0.05, 0.1) is 36.8 Å². The molecule has 0 aromatic rings. The number of hydrogen-bond acceptors (Lipinski definition) is 10. The molecule has 0 aromatic heterocycles. The summed E-state index contributed by atoms with van der Waals surface area (Å²) in [6.07, 6.45) is 3.56. The Labute approximate surface area is 250 Å². The van der Waals surface area contributed by atoms with Gasteiger partial charge < -0.3 is 38.2 Å². The Morgan fingerprint density at radius 2 is 1.52 bits per heavy atom. The number of nitrogens with zero attached hydrogens (tertiary/aromatic N) is 2. The van der Waals surface area contributed by atoms with Crippen LogP contribution in [-0.4, -0.2) is 132 Å². The topological polar surface area (TPSA) is 96.0 Å². The van der Waals surface area contributed by atoms with Crippen LogP contribution in [0.2, 0.25) is 0 Å². The molecule has 242 valence electrons. The van der Waals surface area contributed by atoms with Gasteiger partial charge in [-0.2, -0.15) is 0 Å². The smallest absolute Gasteiger partial charge is 0.309 e. The molecule has 0 N–H and O–H groups in total. The number of esters is 2. The van der Waals surface area contributed by atoms with Crippen LogP contribution in [0.5, 0.6) is 0 Å². The van der Waals surface area contributed by atoms with Gasteiger partial charge in [-0.3, -0.25) is 9.59 Å². The number of alkyl halides is 1. The zero-order valence-electron chi connectivity index (χ0n) is 25.9. The van der Waals surface area contributed by atoms with Crippen molar-refractivity contribution in [2.24, 2.45) is 11.8 Å². The molecule has 4 bridgehead atoms. The molecule has 0 spiro atoms. The van der Waals surface area contributed by atoms with Crippen LogP contribution in [0.1, 0.15) is 64.2 Å². The van der Waals surface area contributed by atoms with Crippen molar-refractivity contribution in [3.63, 3.8) is 0 Å². The van der Waals surface area contributed by atoms with E-state index in [0.29, 0.717) is 58.2 Å². The van der Waals surface area contributed by atoms with Gasteiger partial charge in [-0.05, 0) is 77.3 Å². The first kappa shape index (κ1) is 33.5. The molecule has 0 aromatic carbocycles. The van der Waals surface area contributed by atoms with Crippen molar-refractivity contribution in [1.82, 2.24) is 9.80 Å². The maximum atomic E-state index is 14.2. The number of rotatable bonds is 5. The van der Waals surface area contributed by atoms with E-state index in [1.165, 1.54) is 7.11 Å². The predicted molar refractivity (Wildman–Crippen MR) is 154 cm³/mol. The normalized spacial score (nSPS) is 39.7. The van der Waals surface area contributed by atoms with Crippen LogP contribution < -0.4 is 0 Å². The molecule has 11 heteroatoms. The molecule has 0 amide bonds. The maximum Gasteiger partial charge on any atom is 0.309 e. The number of hydrogen-bond donors (Lipinski definition) is 0. The molecule has 2 aliphatic carbocycles. The van der Waals surface area contributed by atoms with Crippen molar-refractivity contribution in [2.45, 2.75) is 101 Å². The zero-order valence-corrected chi connectivity index (χ0v) is 25.9. The van der Waals surface area contributed by atoms with E-state index in [2.05, 4.69) is 9.80 Å². The quantitative estimate of drug-likeness (QED) is 0.439. The molecule has 4 aliphatic rings. The van der Waals surface area contributed by atoms with E-state index < -0.39 is 12.3 Å². The van der Waals surface area contributed by atoms with Crippen molar-refractivity contribution < 1.29 is 42.4 Å². The van der Waals surface area contributed by atoms with Crippen LogP contribution in [0.25, 0.3) is 0 Å². The first-order valence-corrected chi connectivity index (χ1v) is 16.1. The molecular formula is C31H53FN2O8. The molecule has 0 radical (unpaired) electrons. The van der Waals surface area contributed by atoms with Gasteiger partial charge in [-0.1, -0.05) is 0 Å². The van der Waals surface area contributed by atoms with Gasteiger partial charge in [0.1, 0.15) is 18.4 Å². The van der Waals surface area contributed by atoms with E-state index >= 15 is 0 Å². The number of methoxy groups -OCH3 is 3. The van der Waals surface area contributed by atoms with Gasteiger partial charge in [0.25, 0.3) is 0 Å². The van der Waals surface area contributed by atoms with Crippen LogP contribution >= 0.6 is 0 Å². The molecule has 10 unspecified atom stereocenters. The van der Waals surface area contributed by atoms with Gasteiger partial charge in [0.2, 0.25) is 0 Å². The third kappa shape index (κ3) is 9.56. The van der Waals surface area contributed by atoms with Crippen LogP contribution in [0.15, 0.2) is 0 Å². The van der Waals surface area contributed by atoms with E-state index in [-0.39, 0.29) is 48.2 Å². The molecule has 4 fully saturated rings. The SMILES string of the molecule is COC1CC(C(=O)OC2CCCOC3CC(CC(OC)C3OC)C(=O)OCCCN3CCCN(CC2)CC3)CCC1F. The Kier molecular flexibility index (Phi) is 13.7. The third-order valence-corrected chi connectivity index (χ3v) is 9.62. The summed E-state index contributed by atoms with van der Waals surface area (Å²) in [6, 6.07) is 0. The molecular weight excluding hydrogens is 547 g/mol. The van der Waals surface area contributed by atoms with E-state index in [0.717, 1.165) is 58.5 Å². The average molecular weight is 601 g/mol. The van der Waals surface area contributed by atoms with Crippen molar-refractivity contribution >= 4 is 11.9 Å². The Morgan fingerprint density at radius 3 is 2.26 bits per heavy atom. The molecule has 42 heavy (non-hydrogen) atoms. The molecule has 2 heterocycles. The summed E-state index contributed by atoms with van der Waals surface area (Å²) in [5.41, 5.74) is 0. The fourth-order valence-electron chi connectivity index (χ4n) is 7.05. The lowest BCUT2D eigenvalue weighted by molar-refractivity contribution is -0.172. The summed E-state index contributed by atoms with van der Waals surface area (Å²) < 4.78 is 49.0. The second kappa shape index (κ2) is 17.2. The van der Waals surface area contributed by atoms with E-state index in [1.807, 2.05) is 0 Å². The lowest BCUT2D eigenvalue weighted by atomic mass is 9.83. The van der Waals surface area contributed by atoms with Crippen molar-refractivity contribution in [1.29, 1.82) is 0 Å². The second-order valence-electron chi connectivity index (χ2n) is 12.4. The molecule has 10 nitrogen and oxygen atoms in total. The number of fused-ring (bicyclic) bond motifs is 5. The summed E-state index contributed by atoms with van der Waals surface area (Å²) in [6.45, 7) is 6.58. The Hall–Kier alpha value is -1.37. The Morgan fingerprint density at radius 1 is 0.786 bits per heavy atom. The highest BCUT2D eigenvalue weighted by Gasteiger charge is 2.42. The summed E-state index contributed by atoms with van der Waals surface area (Å²) in [5, 5.41) is 0. The summed E-state index contributed by atoms with van der Waals surface area (Å²) in [5.74, 6) is -1.07. The Bertz CT molecular complexity index is 837. The van der Waals surface area contributed by atoms with Crippen LogP contribution in [0.3, 0.4) is 0 Å². The monoisotopic (exact) mass is 600 g/mol. The fourth-order valence-corrected chi connectivity index (χ4v) is 7.05. The summed E-state index contributed by atoms with van der Waals surface area (Å²) in [7, 11) is 4.79. The van der Waals surface area contributed by atoms with Crippen molar-refractivity contribution in [3.05, 3.63) is 0 Å². The average Bonchev–Trinajstić information content (AvgIpc) is 3.24. The van der Waals surface area contributed by atoms with Gasteiger partial charge >= 0.3 is 11.9 Å². The first-order valence-electron chi connectivity index (χ1n) is 16.1. The predicted octanol–water partition coefficient (Wildman–Crippen LogP) is 3.00. The van der Waals surface area contributed by atoms with Gasteiger partial charge in [0.15, 0.2) is 0 Å². The Balaban J connectivity index is 1.42. The number of cyclic esters (lactones) is 1.